The maximum atomic E-state index is 12.8. The molecule has 4 heterocycles. The molecule has 1 unspecified atom stereocenters. The summed E-state index contributed by atoms with van der Waals surface area (Å²) in [7, 11) is 0. The van der Waals surface area contributed by atoms with Gasteiger partial charge >= 0.3 is 0 Å². The average molecular weight is 437 g/mol. The molecule has 4 rings (SSSR count). The summed E-state index contributed by atoms with van der Waals surface area (Å²) in [6.07, 6.45) is 5.34. The number of carbonyl (C=O) groups is 3. The van der Waals surface area contributed by atoms with Gasteiger partial charge in [0.2, 0.25) is 17.7 Å². The molecule has 0 spiro atoms. The minimum absolute atomic E-state index is 0.00874. The lowest BCUT2D eigenvalue weighted by atomic mass is 9.99. The SMILES string of the molecule is CC(=O)NCC(=O)N1CCCCC1c1nc(C)c2c(n1)N(Cc1ccccn1)C(=O)CC2. The molecular weight excluding hydrogens is 408 g/mol. The van der Waals surface area contributed by atoms with Crippen LogP contribution in [0.5, 0.6) is 0 Å². The standard InChI is InChI=1S/C23H28N6O3/c1-15-18-9-10-20(31)29(14-17-7-3-5-11-24-17)23(18)27-22(26-15)19-8-4-6-12-28(19)21(32)13-25-16(2)30/h3,5,7,11,19H,4,6,8-10,12-14H2,1-2H3,(H,25,30). The number of anilines is 1. The van der Waals surface area contributed by atoms with Gasteiger partial charge in [0.15, 0.2) is 5.82 Å². The molecule has 2 aliphatic rings. The summed E-state index contributed by atoms with van der Waals surface area (Å²) in [5, 5.41) is 2.59. The second kappa shape index (κ2) is 9.42. The first-order valence-electron chi connectivity index (χ1n) is 11.1. The van der Waals surface area contributed by atoms with Crippen LogP contribution in [0, 0.1) is 6.92 Å². The van der Waals surface area contributed by atoms with E-state index in [0.29, 0.717) is 37.6 Å². The maximum absolute atomic E-state index is 12.8. The molecular formula is C23H28N6O3. The molecule has 0 saturated carbocycles. The number of nitrogens with one attached hydrogen (secondary N) is 1. The van der Waals surface area contributed by atoms with E-state index >= 15 is 0 Å². The topological polar surface area (TPSA) is 108 Å². The Morgan fingerprint density at radius 1 is 1.19 bits per heavy atom. The van der Waals surface area contributed by atoms with Gasteiger partial charge in [-0.15, -0.1) is 0 Å². The molecule has 9 nitrogen and oxygen atoms in total. The monoisotopic (exact) mass is 436 g/mol. The van der Waals surface area contributed by atoms with E-state index in [1.165, 1.54) is 6.92 Å². The van der Waals surface area contributed by atoms with Crippen LogP contribution in [0.15, 0.2) is 24.4 Å². The highest BCUT2D eigenvalue weighted by Crippen LogP contribution is 2.34. The Balaban J connectivity index is 1.66. The van der Waals surface area contributed by atoms with E-state index in [0.717, 1.165) is 36.2 Å². The van der Waals surface area contributed by atoms with Gasteiger partial charge in [-0.05, 0) is 44.7 Å². The number of amides is 3. The van der Waals surface area contributed by atoms with Crippen LogP contribution >= 0.6 is 0 Å². The number of fused-ring (bicyclic) bond motifs is 1. The molecule has 0 aliphatic carbocycles. The average Bonchev–Trinajstić information content (AvgIpc) is 2.80. The fourth-order valence-corrected chi connectivity index (χ4v) is 4.37. The van der Waals surface area contributed by atoms with E-state index in [-0.39, 0.29) is 30.3 Å². The third-order valence-electron chi connectivity index (χ3n) is 6.01. The van der Waals surface area contributed by atoms with E-state index in [4.69, 9.17) is 9.97 Å². The van der Waals surface area contributed by atoms with Crippen molar-refractivity contribution >= 4 is 23.5 Å². The summed E-state index contributed by atoms with van der Waals surface area (Å²) < 4.78 is 0. The normalized spacial score (nSPS) is 18.3. The molecule has 0 aromatic carbocycles. The van der Waals surface area contributed by atoms with Gasteiger partial charge in [0.1, 0.15) is 5.82 Å². The second-order valence-electron chi connectivity index (χ2n) is 8.28. The van der Waals surface area contributed by atoms with Crippen LogP contribution in [0.25, 0.3) is 0 Å². The zero-order valence-electron chi connectivity index (χ0n) is 18.5. The summed E-state index contributed by atoms with van der Waals surface area (Å²) in [5.74, 6) is 0.795. The van der Waals surface area contributed by atoms with Crippen LogP contribution in [0.4, 0.5) is 5.82 Å². The first kappa shape index (κ1) is 21.9. The zero-order chi connectivity index (χ0) is 22.7. The van der Waals surface area contributed by atoms with Crippen molar-refractivity contribution in [2.24, 2.45) is 0 Å². The van der Waals surface area contributed by atoms with Gasteiger partial charge < -0.3 is 10.2 Å². The number of piperidine rings is 1. The Morgan fingerprint density at radius 2 is 2.03 bits per heavy atom. The molecule has 1 saturated heterocycles. The number of carbonyl (C=O) groups excluding carboxylic acids is 3. The number of aromatic nitrogens is 3. The summed E-state index contributed by atoms with van der Waals surface area (Å²) in [5.41, 5.74) is 2.59. The number of likely N-dealkylation sites (tertiary alicyclic amines) is 1. The molecule has 1 atom stereocenters. The lowest BCUT2D eigenvalue weighted by Crippen LogP contribution is -2.44. The van der Waals surface area contributed by atoms with E-state index in [1.807, 2.05) is 25.1 Å². The highest BCUT2D eigenvalue weighted by atomic mass is 16.2. The Bertz CT molecular complexity index is 1030. The van der Waals surface area contributed by atoms with Gasteiger partial charge in [0.25, 0.3) is 0 Å². The third kappa shape index (κ3) is 4.61. The van der Waals surface area contributed by atoms with Crippen molar-refractivity contribution in [3.05, 3.63) is 47.2 Å². The van der Waals surface area contributed by atoms with Gasteiger partial charge in [0.05, 0.1) is 24.8 Å². The Morgan fingerprint density at radius 3 is 2.78 bits per heavy atom. The third-order valence-corrected chi connectivity index (χ3v) is 6.01. The fourth-order valence-electron chi connectivity index (χ4n) is 4.37. The summed E-state index contributed by atoms with van der Waals surface area (Å²) >= 11 is 0. The highest BCUT2D eigenvalue weighted by Gasteiger charge is 2.34. The summed E-state index contributed by atoms with van der Waals surface area (Å²) in [6.45, 7) is 4.23. The quantitative estimate of drug-likeness (QED) is 0.766. The van der Waals surface area contributed by atoms with Crippen LogP contribution in [0.3, 0.4) is 0 Å². The van der Waals surface area contributed by atoms with Crippen LogP contribution in [0.1, 0.15) is 61.4 Å². The number of nitrogens with zero attached hydrogens (tertiary/aromatic N) is 5. The van der Waals surface area contributed by atoms with E-state index in [9.17, 15) is 14.4 Å². The largest absolute Gasteiger partial charge is 0.347 e. The summed E-state index contributed by atoms with van der Waals surface area (Å²) in [6, 6.07) is 5.35. The number of rotatable bonds is 5. The van der Waals surface area contributed by atoms with Gasteiger partial charge in [-0.2, -0.15) is 0 Å². The molecule has 168 valence electrons. The van der Waals surface area contributed by atoms with Crippen LogP contribution in [-0.2, 0) is 27.3 Å². The van der Waals surface area contributed by atoms with Crippen molar-refractivity contribution in [2.75, 3.05) is 18.0 Å². The molecule has 2 aromatic rings. The predicted octanol–water partition coefficient (Wildman–Crippen LogP) is 1.85. The van der Waals surface area contributed by atoms with E-state index in [1.54, 1.807) is 16.0 Å². The fraction of sp³-hybridized carbons (Fsp3) is 0.478. The van der Waals surface area contributed by atoms with Crippen LogP contribution in [-0.4, -0.2) is 50.7 Å². The Hall–Kier alpha value is -3.36. The zero-order valence-corrected chi connectivity index (χ0v) is 18.5. The van der Waals surface area contributed by atoms with Crippen molar-refractivity contribution in [2.45, 2.75) is 58.5 Å². The predicted molar refractivity (Wildman–Crippen MR) is 118 cm³/mol. The minimum atomic E-state index is -0.275. The molecule has 2 aromatic heterocycles. The molecule has 9 heteroatoms. The molecule has 0 bridgehead atoms. The van der Waals surface area contributed by atoms with Crippen molar-refractivity contribution < 1.29 is 14.4 Å². The molecule has 32 heavy (non-hydrogen) atoms. The van der Waals surface area contributed by atoms with E-state index < -0.39 is 0 Å². The van der Waals surface area contributed by atoms with Crippen LogP contribution in [0.2, 0.25) is 0 Å². The highest BCUT2D eigenvalue weighted by molar-refractivity contribution is 5.95. The van der Waals surface area contributed by atoms with Crippen molar-refractivity contribution in [3.8, 4) is 0 Å². The van der Waals surface area contributed by atoms with Crippen molar-refractivity contribution in [3.63, 3.8) is 0 Å². The molecule has 3 amide bonds. The minimum Gasteiger partial charge on any atom is -0.347 e. The molecule has 2 aliphatic heterocycles. The smallest absolute Gasteiger partial charge is 0.242 e. The van der Waals surface area contributed by atoms with Crippen molar-refractivity contribution in [1.29, 1.82) is 0 Å². The molecule has 0 radical (unpaired) electrons. The van der Waals surface area contributed by atoms with Crippen molar-refractivity contribution in [1.82, 2.24) is 25.2 Å². The van der Waals surface area contributed by atoms with Gasteiger partial charge in [-0.25, -0.2) is 9.97 Å². The maximum Gasteiger partial charge on any atom is 0.242 e. The number of hydrogen-bond acceptors (Lipinski definition) is 6. The number of hydrogen-bond donors (Lipinski definition) is 1. The summed E-state index contributed by atoms with van der Waals surface area (Å²) in [4.78, 5) is 54.3. The first-order valence-corrected chi connectivity index (χ1v) is 11.1. The second-order valence-corrected chi connectivity index (χ2v) is 8.28. The van der Waals surface area contributed by atoms with Gasteiger partial charge in [-0.1, -0.05) is 6.07 Å². The lowest BCUT2D eigenvalue weighted by Gasteiger charge is -2.36. The van der Waals surface area contributed by atoms with E-state index in [2.05, 4.69) is 10.3 Å². The van der Waals surface area contributed by atoms with Gasteiger partial charge in [-0.3, -0.25) is 24.3 Å². The number of pyridine rings is 1. The molecule has 1 fully saturated rings. The Labute approximate surface area is 187 Å². The Kier molecular flexibility index (Phi) is 6.43. The molecule has 1 N–H and O–H groups in total. The lowest BCUT2D eigenvalue weighted by molar-refractivity contribution is -0.136. The first-order chi connectivity index (χ1) is 15.4. The van der Waals surface area contributed by atoms with Gasteiger partial charge in [0, 0.05) is 37.3 Å². The number of aryl methyl sites for hydroxylation is 1. The van der Waals surface area contributed by atoms with Crippen LogP contribution < -0.4 is 10.2 Å².